The lowest BCUT2D eigenvalue weighted by molar-refractivity contribution is -0.117. The van der Waals surface area contributed by atoms with Crippen LogP contribution in [-0.2, 0) is 11.2 Å². The zero-order valence-corrected chi connectivity index (χ0v) is 10.8. The number of aryl methyl sites for hydroxylation is 1. The Hall–Kier alpha value is -1.82. The molecule has 1 aromatic carbocycles. The Labute approximate surface area is 109 Å². The highest BCUT2D eigenvalue weighted by Crippen LogP contribution is 2.26. The summed E-state index contributed by atoms with van der Waals surface area (Å²) >= 11 is 1.30. The maximum Gasteiger partial charge on any atom is 0.262 e. The van der Waals surface area contributed by atoms with Crippen LogP contribution in [0, 0.1) is 6.92 Å². The molecule has 0 bridgehead atoms. The maximum atomic E-state index is 11.7. The van der Waals surface area contributed by atoms with Gasteiger partial charge in [-0.15, -0.1) is 0 Å². The Balaban J connectivity index is 2.03. The first-order chi connectivity index (χ1) is 8.54. The molecule has 1 aliphatic rings. The summed E-state index contributed by atoms with van der Waals surface area (Å²) in [5.41, 5.74) is 12.8. The number of hydrogen-bond acceptors (Lipinski definition) is 3. The molecule has 0 aromatic heterocycles. The highest BCUT2D eigenvalue weighted by Gasteiger charge is 2.28. The fourth-order valence-electron chi connectivity index (χ4n) is 1.60. The second-order valence-corrected chi connectivity index (χ2v) is 5.24. The monoisotopic (exact) mass is 262 g/mol. The van der Waals surface area contributed by atoms with Crippen molar-refractivity contribution < 1.29 is 4.79 Å². The SMILES string of the molecule is Cc1ccc(C[C@@H]2SC(N=C(N)N)=NC2=O)cc1. The van der Waals surface area contributed by atoms with Crippen LogP contribution in [0.25, 0.3) is 0 Å². The van der Waals surface area contributed by atoms with E-state index in [9.17, 15) is 4.79 Å². The van der Waals surface area contributed by atoms with Crippen molar-refractivity contribution in [1.82, 2.24) is 0 Å². The summed E-state index contributed by atoms with van der Waals surface area (Å²) in [6.45, 7) is 2.03. The van der Waals surface area contributed by atoms with Gasteiger partial charge in [0.25, 0.3) is 5.91 Å². The smallest absolute Gasteiger partial charge is 0.262 e. The third-order valence-corrected chi connectivity index (χ3v) is 3.54. The van der Waals surface area contributed by atoms with E-state index in [2.05, 4.69) is 9.98 Å². The molecule has 5 nitrogen and oxygen atoms in total. The van der Waals surface area contributed by atoms with Gasteiger partial charge in [0, 0.05) is 0 Å². The van der Waals surface area contributed by atoms with Gasteiger partial charge in [0.2, 0.25) is 0 Å². The molecule has 18 heavy (non-hydrogen) atoms. The fourth-order valence-corrected chi connectivity index (χ4v) is 2.58. The summed E-state index contributed by atoms with van der Waals surface area (Å²) in [6, 6.07) is 8.08. The number of carbonyl (C=O) groups is 1. The number of nitrogens with two attached hydrogens (primary N) is 2. The van der Waals surface area contributed by atoms with E-state index in [1.165, 1.54) is 17.3 Å². The highest BCUT2D eigenvalue weighted by molar-refractivity contribution is 8.15. The number of nitrogens with zero attached hydrogens (tertiary/aromatic N) is 2. The molecule has 0 spiro atoms. The van der Waals surface area contributed by atoms with E-state index in [1.807, 2.05) is 31.2 Å². The maximum absolute atomic E-state index is 11.7. The number of hydrogen-bond donors (Lipinski definition) is 2. The minimum absolute atomic E-state index is 0.0787. The fraction of sp³-hybridized carbons (Fsp3) is 0.250. The van der Waals surface area contributed by atoms with Crippen LogP contribution in [0.1, 0.15) is 11.1 Å². The molecule has 1 aromatic rings. The third kappa shape index (κ3) is 3.10. The Kier molecular flexibility index (Phi) is 3.66. The summed E-state index contributed by atoms with van der Waals surface area (Å²) in [5, 5.41) is 0.114. The zero-order valence-electron chi connectivity index (χ0n) is 9.96. The molecule has 94 valence electrons. The summed E-state index contributed by atoms with van der Waals surface area (Å²) in [6.07, 6.45) is 0.636. The zero-order chi connectivity index (χ0) is 13.1. The number of thioether (sulfide) groups is 1. The largest absolute Gasteiger partial charge is 0.370 e. The van der Waals surface area contributed by atoms with Crippen LogP contribution in [0.4, 0.5) is 0 Å². The molecule has 4 N–H and O–H groups in total. The lowest BCUT2D eigenvalue weighted by Gasteiger charge is -2.06. The molecule has 0 fully saturated rings. The van der Waals surface area contributed by atoms with E-state index in [4.69, 9.17) is 11.5 Å². The van der Waals surface area contributed by atoms with Gasteiger partial charge in [-0.1, -0.05) is 41.6 Å². The lowest BCUT2D eigenvalue weighted by Crippen LogP contribution is -2.23. The van der Waals surface area contributed by atoms with Crippen LogP contribution < -0.4 is 11.5 Å². The number of amidine groups is 1. The number of aliphatic imine (C=N–C) groups is 2. The molecule has 0 saturated carbocycles. The van der Waals surface area contributed by atoms with Crippen molar-refractivity contribution in [2.75, 3.05) is 0 Å². The van der Waals surface area contributed by atoms with Crippen molar-refractivity contribution >= 4 is 28.8 Å². The first-order valence-corrected chi connectivity index (χ1v) is 6.37. The van der Waals surface area contributed by atoms with Crippen LogP contribution >= 0.6 is 11.8 Å². The summed E-state index contributed by atoms with van der Waals surface area (Å²) in [4.78, 5) is 19.3. The van der Waals surface area contributed by atoms with Crippen molar-refractivity contribution in [2.45, 2.75) is 18.6 Å². The molecule has 6 heteroatoms. The second kappa shape index (κ2) is 5.22. The van der Waals surface area contributed by atoms with Crippen molar-refractivity contribution in [3.8, 4) is 0 Å². The van der Waals surface area contributed by atoms with E-state index in [-0.39, 0.29) is 17.1 Å². The molecule has 1 atom stereocenters. The first-order valence-electron chi connectivity index (χ1n) is 5.49. The molecule has 1 heterocycles. The van der Waals surface area contributed by atoms with Crippen LogP contribution in [-0.4, -0.2) is 22.3 Å². The van der Waals surface area contributed by atoms with E-state index >= 15 is 0 Å². The van der Waals surface area contributed by atoms with Gasteiger partial charge in [-0.25, -0.2) is 0 Å². The minimum atomic E-state index is -0.231. The normalized spacial score (nSPS) is 18.6. The Bertz CT molecular complexity index is 517. The first kappa shape index (κ1) is 12.6. The Morgan fingerprint density at radius 3 is 2.67 bits per heavy atom. The Morgan fingerprint density at radius 1 is 1.39 bits per heavy atom. The van der Waals surface area contributed by atoms with Crippen molar-refractivity contribution in [2.24, 2.45) is 21.5 Å². The molecular formula is C12H14N4OS. The van der Waals surface area contributed by atoms with E-state index in [0.29, 0.717) is 11.6 Å². The van der Waals surface area contributed by atoms with Gasteiger partial charge >= 0.3 is 0 Å². The van der Waals surface area contributed by atoms with Crippen molar-refractivity contribution in [1.29, 1.82) is 0 Å². The average molecular weight is 262 g/mol. The standard InChI is InChI=1S/C12H14N4OS/c1-7-2-4-8(5-3-7)6-9-10(17)15-12(18-9)16-11(13)14/h2-5,9H,6H2,1H3,(H4,13,14,15,16,17)/t9-/m0/s1. The third-order valence-electron chi connectivity index (χ3n) is 2.50. The van der Waals surface area contributed by atoms with Gasteiger partial charge in [-0.2, -0.15) is 9.98 Å². The van der Waals surface area contributed by atoms with Crippen molar-refractivity contribution in [3.63, 3.8) is 0 Å². The molecule has 1 aliphatic heterocycles. The molecular weight excluding hydrogens is 248 g/mol. The van der Waals surface area contributed by atoms with Gasteiger partial charge in [0.15, 0.2) is 11.1 Å². The summed E-state index contributed by atoms with van der Waals surface area (Å²) in [5.74, 6) is -0.259. The molecule has 0 saturated heterocycles. The molecule has 0 radical (unpaired) electrons. The number of benzene rings is 1. The van der Waals surface area contributed by atoms with Gasteiger partial charge in [0.05, 0.1) is 5.25 Å². The van der Waals surface area contributed by atoms with Gasteiger partial charge in [-0.05, 0) is 18.9 Å². The predicted octanol–water partition coefficient (Wildman–Crippen LogP) is 0.809. The Morgan fingerprint density at radius 2 is 2.06 bits per heavy atom. The molecule has 2 rings (SSSR count). The van der Waals surface area contributed by atoms with E-state index < -0.39 is 0 Å². The summed E-state index contributed by atoms with van der Waals surface area (Å²) in [7, 11) is 0. The van der Waals surface area contributed by atoms with E-state index in [0.717, 1.165) is 5.56 Å². The van der Waals surface area contributed by atoms with Gasteiger partial charge < -0.3 is 11.5 Å². The molecule has 0 unspecified atom stereocenters. The second-order valence-electron chi connectivity index (χ2n) is 4.07. The predicted molar refractivity (Wildman–Crippen MR) is 74.5 cm³/mol. The topological polar surface area (TPSA) is 93.8 Å². The highest BCUT2D eigenvalue weighted by atomic mass is 32.2. The van der Waals surface area contributed by atoms with Crippen LogP contribution in [0.15, 0.2) is 34.3 Å². The number of carbonyl (C=O) groups excluding carboxylic acids is 1. The van der Waals surface area contributed by atoms with Gasteiger partial charge in [0.1, 0.15) is 0 Å². The van der Waals surface area contributed by atoms with Crippen LogP contribution in [0.5, 0.6) is 0 Å². The number of amides is 1. The number of guanidine groups is 1. The van der Waals surface area contributed by atoms with E-state index in [1.54, 1.807) is 0 Å². The lowest BCUT2D eigenvalue weighted by atomic mass is 10.1. The average Bonchev–Trinajstić information content (AvgIpc) is 2.61. The molecule has 1 amide bonds. The van der Waals surface area contributed by atoms with Crippen LogP contribution in [0.3, 0.4) is 0 Å². The molecule has 0 aliphatic carbocycles. The van der Waals surface area contributed by atoms with Gasteiger partial charge in [-0.3, -0.25) is 4.79 Å². The summed E-state index contributed by atoms with van der Waals surface area (Å²) < 4.78 is 0. The minimum Gasteiger partial charge on any atom is -0.370 e. The quantitative estimate of drug-likeness (QED) is 0.609. The van der Waals surface area contributed by atoms with Crippen molar-refractivity contribution in [3.05, 3.63) is 35.4 Å². The number of rotatable bonds is 2. The van der Waals surface area contributed by atoms with Crippen LogP contribution in [0.2, 0.25) is 0 Å².